The number of ether oxygens (including phenoxy) is 1. The molecule has 0 radical (unpaired) electrons. The minimum Gasteiger partial charge on any atom is -0.497 e. The van der Waals surface area contributed by atoms with Crippen molar-refractivity contribution < 1.29 is 9.73 Å². The first-order valence-corrected chi connectivity index (χ1v) is 5.07. The third-order valence-electron chi connectivity index (χ3n) is 2.35. The first-order valence-electron chi connectivity index (χ1n) is 5.07. The number of hydrogen-bond acceptors (Lipinski definition) is 3. The number of hydrogen-bond donors (Lipinski definition) is 3. The summed E-state index contributed by atoms with van der Waals surface area (Å²) in [6, 6.07) is 5.60. The zero-order chi connectivity index (χ0) is 12.4. The molecule has 0 aliphatic heterocycles. The number of methoxy groups -OCH3 is 1. The monoisotopic (exact) mass is 232 g/mol. The molecule has 6 heteroatoms. The lowest BCUT2D eigenvalue weighted by molar-refractivity contribution is -0.366. The summed E-state index contributed by atoms with van der Waals surface area (Å²) in [7, 11) is 1.62. The first-order chi connectivity index (χ1) is 8.10. The fourth-order valence-electron chi connectivity index (χ4n) is 1.57. The Morgan fingerprint density at radius 3 is 2.71 bits per heavy atom. The van der Waals surface area contributed by atoms with E-state index in [1.807, 2.05) is 25.1 Å². The fourth-order valence-corrected chi connectivity index (χ4v) is 1.57. The molecule has 1 heterocycles. The summed E-state index contributed by atoms with van der Waals surface area (Å²) in [4.78, 5) is 11.2. The van der Waals surface area contributed by atoms with E-state index in [-0.39, 0.29) is 5.96 Å². The van der Waals surface area contributed by atoms with Crippen LogP contribution in [-0.4, -0.2) is 23.0 Å². The summed E-state index contributed by atoms with van der Waals surface area (Å²) >= 11 is 0. The molecule has 5 N–H and O–H groups in total. The number of nitrogens with one attached hydrogen (secondary N) is 1. The smallest absolute Gasteiger partial charge is 0.354 e. The van der Waals surface area contributed by atoms with Crippen LogP contribution < -0.4 is 21.2 Å². The Balaban J connectivity index is 2.63. The highest BCUT2D eigenvalue weighted by Gasteiger charge is 2.09. The van der Waals surface area contributed by atoms with Crippen molar-refractivity contribution in [3.05, 3.63) is 23.9 Å². The fraction of sp³-hybridized carbons (Fsp3) is 0.182. The lowest BCUT2D eigenvalue weighted by atomic mass is 10.2. The highest BCUT2D eigenvalue weighted by molar-refractivity contribution is 5.83. The number of guanidine groups is 1. The van der Waals surface area contributed by atoms with Crippen molar-refractivity contribution in [2.45, 2.75) is 6.92 Å². The van der Waals surface area contributed by atoms with Crippen molar-refractivity contribution in [3.8, 4) is 5.75 Å². The summed E-state index contributed by atoms with van der Waals surface area (Å²) in [6.07, 6.45) is 0. The van der Waals surface area contributed by atoms with Gasteiger partial charge < -0.3 is 16.2 Å². The Labute approximate surface area is 98.3 Å². The van der Waals surface area contributed by atoms with Gasteiger partial charge >= 0.3 is 5.95 Å². The maximum Gasteiger partial charge on any atom is 0.354 e. The number of nitrogens with zero attached hydrogens (tertiary/aromatic N) is 2. The molecule has 1 aromatic heterocycles. The second-order valence-corrected chi connectivity index (χ2v) is 3.60. The molecule has 0 amide bonds. The number of aromatic nitrogens is 2. The number of aryl methyl sites for hydroxylation is 1. The van der Waals surface area contributed by atoms with Gasteiger partial charge in [0.2, 0.25) is 0 Å². The zero-order valence-electron chi connectivity index (χ0n) is 9.69. The Kier molecular flexibility index (Phi) is 2.78. The van der Waals surface area contributed by atoms with E-state index in [1.165, 1.54) is 0 Å². The number of nitrogens with two attached hydrogens (primary N) is 2. The lowest BCUT2D eigenvalue weighted by Crippen LogP contribution is -2.73. The normalized spacial score (nSPS) is 10.2. The molecule has 0 unspecified atom stereocenters. The molecule has 0 aliphatic rings. The van der Waals surface area contributed by atoms with Crippen LogP contribution in [0.2, 0.25) is 0 Å². The quantitative estimate of drug-likeness (QED) is 0.452. The first kappa shape index (κ1) is 11.1. The predicted octanol–water partition coefficient (Wildman–Crippen LogP) is -1.07. The largest absolute Gasteiger partial charge is 0.497 e. The standard InChI is InChI=1S/C11H13N5O/c1-6-8-5-7(17-2)3-4-9(8)15-11(14-6)16-10(12)13/h3-5H,1-2H3,(H4,12,13,14,15,16)/p+1. The van der Waals surface area contributed by atoms with E-state index in [4.69, 9.17) is 16.2 Å². The van der Waals surface area contributed by atoms with Gasteiger partial charge in [0.15, 0.2) is 0 Å². The molecule has 0 aliphatic carbocycles. The minimum absolute atomic E-state index is 0.0669. The second kappa shape index (κ2) is 4.25. The molecule has 2 rings (SSSR count). The topological polar surface area (TPSA) is 101 Å². The van der Waals surface area contributed by atoms with Crippen molar-refractivity contribution in [2.75, 3.05) is 7.11 Å². The Morgan fingerprint density at radius 1 is 1.29 bits per heavy atom. The third kappa shape index (κ3) is 2.25. The molecule has 6 nitrogen and oxygen atoms in total. The molecule has 17 heavy (non-hydrogen) atoms. The van der Waals surface area contributed by atoms with E-state index in [0.29, 0.717) is 5.95 Å². The van der Waals surface area contributed by atoms with Crippen LogP contribution in [0.3, 0.4) is 0 Å². The number of benzene rings is 1. The Bertz CT molecular complexity index is 590. The van der Waals surface area contributed by atoms with Crippen LogP contribution >= 0.6 is 0 Å². The average Bonchev–Trinajstić information content (AvgIpc) is 2.28. The molecule has 0 fully saturated rings. The van der Waals surface area contributed by atoms with Gasteiger partial charge in [-0.1, -0.05) is 0 Å². The average molecular weight is 232 g/mol. The van der Waals surface area contributed by atoms with Crippen molar-refractivity contribution in [3.63, 3.8) is 0 Å². The molecule has 1 aromatic carbocycles. The van der Waals surface area contributed by atoms with Crippen molar-refractivity contribution in [1.82, 2.24) is 9.97 Å². The molecular formula is C11H14N5O+. The SMILES string of the molecule is COc1ccc2nc([NH+]=C(N)N)nc(C)c2c1. The van der Waals surface area contributed by atoms with E-state index < -0.39 is 0 Å². The third-order valence-corrected chi connectivity index (χ3v) is 2.35. The van der Waals surface area contributed by atoms with Gasteiger partial charge in [-0.2, -0.15) is 0 Å². The lowest BCUT2D eigenvalue weighted by Gasteiger charge is -2.02. The van der Waals surface area contributed by atoms with Crippen LogP contribution in [-0.2, 0) is 0 Å². The molecule has 2 aromatic rings. The maximum absolute atomic E-state index is 5.35. The van der Waals surface area contributed by atoms with Gasteiger partial charge in [0.25, 0.3) is 5.96 Å². The van der Waals surface area contributed by atoms with Gasteiger partial charge in [-0.25, -0.2) is 4.99 Å². The van der Waals surface area contributed by atoms with Crippen LogP contribution in [0.15, 0.2) is 18.2 Å². The van der Waals surface area contributed by atoms with Crippen LogP contribution in [0.25, 0.3) is 10.9 Å². The predicted molar refractivity (Wildman–Crippen MR) is 64.8 cm³/mol. The Morgan fingerprint density at radius 2 is 2.06 bits per heavy atom. The highest BCUT2D eigenvalue weighted by atomic mass is 16.5. The van der Waals surface area contributed by atoms with Crippen LogP contribution in [0, 0.1) is 6.92 Å². The van der Waals surface area contributed by atoms with E-state index in [1.54, 1.807) is 7.11 Å². The maximum atomic E-state index is 5.35. The highest BCUT2D eigenvalue weighted by Crippen LogP contribution is 2.21. The van der Waals surface area contributed by atoms with Crippen LogP contribution in [0.4, 0.5) is 5.95 Å². The van der Waals surface area contributed by atoms with Crippen molar-refractivity contribution >= 4 is 22.8 Å². The van der Waals surface area contributed by atoms with Gasteiger partial charge in [0.1, 0.15) is 11.3 Å². The van der Waals surface area contributed by atoms with E-state index in [0.717, 1.165) is 22.3 Å². The second-order valence-electron chi connectivity index (χ2n) is 3.60. The zero-order valence-corrected chi connectivity index (χ0v) is 9.69. The van der Waals surface area contributed by atoms with E-state index in [9.17, 15) is 0 Å². The summed E-state index contributed by atoms with van der Waals surface area (Å²) in [5, 5.41) is 0.936. The van der Waals surface area contributed by atoms with Gasteiger partial charge in [0.05, 0.1) is 12.8 Å². The molecule has 0 saturated carbocycles. The van der Waals surface area contributed by atoms with Gasteiger partial charge in [-0.15, -0.1) is 9.97 Å². The number of rotatable bonds is 2. The molecule has 0 saturated heterocycles. The van der Waals surface area contributed by atoms with Gasteiger partial charge in [0, 0.05) is 5.39 Å². The van der Waals surface area contributed by atoms with Crippen LogP contribution in [0.1, 0.15) is 5.69 Å². The summed E-state index contributed by atoms with van der Waals surface area (Å²) in [5.41, 5.74) is 12.3. The van der Waals surface area contributed by atoms with Gasteiger partial charge in [-0.05, 0) is 25.1 Å². The summed E-state index contributed by atoms with van der Waals surface area (Å²) in [5.74, 6) is 1.23. The molecule has 0 bridgehead atoms. The van der Waals surface area contributed by atoms with Gasteiger partial charge in [-0.3, -0.25) is 0 Å². The minimum atomic E-state index is 0.0669. The number of fused-ring (bicyclic) bond motifs is 1. The van der Waals surface area contributed by atoms with Crippen molar-refractivity contribution in [2.24, 2.45) is 11.5 Å². The van der Waals surface area contributed by atoms with Crippen LogP contribution in [0.5, 0.6) is 5.75 Å². The molecule has 0 spiro atoms. The van der Waals surface area contributed by atoms with E-state index >= 15 is 0 Å². The molecule has 0 atom stereocenters. The Hall–Kier alpha value is -2.37. The summed E-state index contributed by atoms with van der Waals surface area (Å²) in [6.45, 7) is 1.89. The molecule has 88 valence electrons. The molecular weight excluding hydrogens is 218 g/mol. The van der Waals surface area contributed by atoms with Crippen molar-refractivity contribution in [1.29, 1.82) is 0 Å². The summed E-state index contributed by atoms with van der Waals surface area (Å²) < 4.78 is 5.16. The van der Waals surface area contributed by atoms with E-state index in [2.05, 4.69) is 15.0 Å².